The third-order valence-electron chi connectivity index (χ3n) is 2.80. The Morgan fingerprint density at radius 1 is 0.955 bits per heavy atom. The molecule has 0 N–H and O–H groups in total. The Kier molecular flexibility index (Phi) is 51.5. The first kappa shape index (κ1) is 43.2. The van der Waals surface area contributed by atoms with E-state index in [9.17, 15) is 0 Å². The molecule has 0 radical (unpaired) electrons. The number of hydrogen-bond acceptors (Lipinski definition) is 0. The van der Waals surface area contributed by atoms with E-state index in [-0.39, 0.29) is 88.2 Å². The maximum absolute atomic E-state index is 2.99. The van der Waals surface area contributed by atoms with Crippen LogP contribution in [0.1, 0.15) is 25.7 Å². The van der Waals surface area contributed by atoms with Gasteiger partial charge in [-0.05, 0) is 12.3 Å². The third kappa shape index (κ3) is 15.2. The molecule has 1 fully saturated rings. The average molecular weight is 424 g/mol. The quantitative estimate of drug-likeness (QED) is 0.372. The summed E-state index contributed by atoms with van der Waals surface area (Å²) in [7, 11) is 0. The topological polar surface area (TPSA) is 0 Å². The molecule has 3 rings (SSSR count). The second-order valence-electron chi connectivity index (χ2n) is 3.81. The van der Waals surface area contributed by atoms with Gasteiger partial charge in [0.25, 0.3) is 0 Å². The number of rotatable bonds is 0. The zero-order valence-corrected chi connectivity index (χ0v) is 18.9. The van der Waals surface area contributed by atoms with Gasteiger partial charge in [0, 0.05) is 26.2 Å². The summed E-state index contributed by atoms with van der Waals surface area (Å²) in [5, 5.41) is 0. The number of halogens is 2. The zero-order chi connectivity index (χ0) is 9.64. The van der Waals surface area contributed by atoms with Crippen LogP contribution in [-0.2, 0) is 26.2 Å². The van der Waals surface area contributed by atoms with Gasteiger partial charge in [-0.15, -0.1) is 49.8 Å². The van der Waals surface area contributed by atoms with Crippen molar-refractivity contribution in [3.05, 3.63) is 91.7 Å². The Hall–Kier alpha value is 0.293. The third-order valence-corrected chi connectivity index (χ3v) is 2.80. The van der Waals surface area contributed by atoms with Crippen LogP contribution in [0.3, 0.4) is 0 Å². The molecule has 1 saturated carbocycles. The SMILES string of the molecule is C1=CCC2CC[CH-]C2=C1.Cl.Cl.[C-]1=CC=CC1.[CH3-].[CH3-].[CH3-].[CH3-].[CH3-].[Zr]. The van der Waals surface area contributed by atoms with Gasteiger partial charge < -0.3 is 37.1 Å². The van der Waals surface area contributed by atoms with Crippen molar-refractivity contribution in [2.45, 2.75) is 25.7 Å². The van der Waals surface area contributed by atoms with E-state index in [0.717, 1.165) is 12.3 Å². The molecule has 0 aromatic heterocycles. The summed E-state index contributed by atoms with van der Waals surface area (Å²) in [6, 6.07) is 0. The molecule has 3 heteroatoms. The van der Waals surface area contributed by atoms with Gasteiger partial charge in [-0.2, -0.15) is 6.08 Å². The van der Waals surface area contributed by atoms with Crippen LogP contribution in [0.4, 0.5) is 0 Å². The molecule has 1 unspecified atom stereocenters. The molecule has 0 spiro atoms. The van der Waals surface area contributed by atoms with Gasteiger partial charge in [0.1, 0.15) is 0 Å². The minimum atomic E-state index is 0. The van der Waals surface area contributed by atoms with Crippen molar-refractivity contribution in [2.75, 3.05) is 0 Å². The van der Waals surface area contributed by atoms with Crippen molar-refractivity contribution < 1.29 is 26.2 Å². The molecular weight excluding hydrogens is 390 g/mol. The van der Waals surface area contributed by atoms with E-state index >= 15 is 0 Å². The fraction of sp³-hybridized carbons (Fsp3) is 0.263. The van der Waals surface area contributed by atoms with Gasteiger partial charge in [-0.25, -0.2) is 30.2 Å². The van der Waals surface area contributed by atoms with E-state index in [0.29, 0.717) is 0 Å². The fourth-order valence-electron chi connectivity index (χ4n) is 2.00. The van der Waals surface area contributed by atoms with Crippen molar-refractivity contribution in [3.63, 3.8) is 0 Å². The van der Waals surface area contributed by atoms with Crippen molar-refractivity contribution >= 4 is 24.8 Å². The van der Waals surface area contributed by atoms with Crippen LogP contribution in [0.25, 0.3) is 0 Å². The number of fused-ring (bicyclic) bond motifs is 1. The van der Waals surface area contributed by atoms with Gasteiger partial charge >= 0.3 is 0 Å². The van der Waals surface area contributed by atoms with Gasteiger partial charge in [-0.3, -0.25) is 6.08 Å². The summed E-state index contributed by atoms with van der Waals surface area (Å²) in [5.41, 5.74) is 1.58. The van der Waals surface area contributed by atoms with Crippen LogP contribution in [0, 0.1) is 55.5 Å². The second-order valence-corrected chi connectivity index (χ2v) is 3.81. The van der Waals surface area contributed by atoms with Gasteiger partial charge in [0.2, 0.25) is 0 Å². The van der Waals surface area contributed by atoms with Crippen molar-refractivity contribution in [3.8, 4) is 0 Å². The van der Waals surface area contributed by atoms with Crippen molar-refractivity contribution in [1.29, 1.82) is 0 Å². The summed E-state index contributed by atoms with van der Waals surface area (Å²) < 4.78 is 0. The summed E-state index contributed by atoms with van der Waals surface area (Å²) in [5.74, 6) is 0.884. The molecule has 0 bridgehead atoms. The van der Waals surface area contributed by atoms with Gasteiger partial charge in [0.15, 0.2) is 0 Å². The van der Waals surface area contributed by atoms with Crippen LogP contribution in [0.5, 0.6) is 0 Å². The van der Waals surface area contributed by atoms with E-state index in [4.69, 9.17) is 0 Å². The molecule has 0 nitrogen and oxygen atoms in total. The van der Waals surface area contributed by atoms with E-state index in [1.807, 2.05) is 12.2 Å². The number of hydrogen-bond donors (Lipinski definition) is 0. The minimum absolute atomic E-state index is 0. The Balaban J connectivity index is -0.0000000319. The molecular formula is C19H33Cl2Zr-7. The zero-order valence-electron chi connectivity index (χ0n) is 14.8. The predicted octanol–water partition coefficient (Wildman–Crippen LogP) is 6.89. The van der Waals surface area contributed by atoms with E-state index in [1.54, 1.807) is 5.57 Å². The van der Waals surface area contributed by atoms with Crippen LogP contribution in [0.2, 0.25) is 0 Å². The molecule has 22 heavy (non-hydrogen) atoms. The molecule has 3 aliphatic carbocycles. The van der Waals surface area contributed by atoms with Crippen molar-refractivity contribution in [1.82, 2.24) is 0 Å². The first-order chi connectivity index (χ1) is 6.97. The van der Waals surface area contributed by atoms with Crippen LogP contribution in [-0.4, -0.2) is 0 Å². The molecule has 0 aromatic carbocycles. The Labute approximate surface area is 173 Å². The predicted molar refractivity (Wildman–Crippen MR) is 107 cm³/mol. The fourth-order valence-corrected chi connectivity index (χ4v) is 2.00. The summed E-state index contributed by atoms with van der Waals surface area (Å²) in [6.45, 7) is 0. The maximum Gasteiger partial charge on any atom is 0 e. The largest absolute Gasteiger partial charge is 0.358 e. The molecule has 0 aromatic rings. The molecule has 3 aliphatic rings. The summed E-state index contributed by atoms with van der Waals surface area (Å²) in [4.78, 5) is 0. The van der Waals surface area contributed by atoms with E-state index in [1.165, 1.54) is 19.3 Å². The van der Waals surface area contributed by atoms with Crippen molar-refractivity contribution in [2.24, 2.45) is 5.92 Å². The number of allylic oxidation sites excluding steroid dienone is 8. The molecule has 1 atom stereocenters. The summed E-state index contributed by atoms with van der Waals surface area (Å²) >= 11 is 0. The Bertz CT molecular complexity index is 295. The van der Waals surface area contributed by atoms with E-state index < -0.39 is 0 Å². The van der Waals surface area contributed by atoms with Crippen LogP contribution < -0.4 is 0 Å². The normalized spacial score (nSPS) is 16.7. The van der Waals surface area contributed by atoms with Crippen LogP contribution in [0.15, 0.2) is 42.0 Å². The second kappa shape index (κ2) is 26.2. The monoisotopic (exact) mass is 421 g/mol. The van der Waals surface area contributed by atoms with Gasteiger partial charge in [-0.1, -0.05) is 6.42 Å². The molecule has 0 aliphatic heterocycles. The maximum atomic E-state index is 2.99. The van der Waals surface area contributed by atoms with Gasteiger partial charge in [0.05, 0.1) is 0 Å². The van der Waals surface area contributed by atoms with Crippen LogP contribution >= 0.6 is 24.8 Å². The minimum Gasteiger partial charge on any atom is -0.358 e. The molecule has 0 saturated heterocycles. The first-order valence-corrected chi connectivity index (χ1v) is 5.38. The Morgan fingerprint density at radius 2 is 1.59 bits per heavy atom. The molecule has 0 amide bonds. The smallest absolute Gasteiger partial charge is 0 e. The standard InChI is InChI=1S/C9H11.C5H5.5CH3.2ClH.Zr/c1-2-5-9-7-3-6-8(9)4-1;1-2-4-5-3-1;;;;;;;;/h1-2,4,6,9H,3,5,7H2;1-3H,4H2;5*1H3;2*1H;/q7*-1;;;. The average Bonchev–Trinajstić information content (AvgIpc) is 2.92. The van der Waals surface area contributed by atoms with E-state index in [2.05, 4.69) is 36.8 Å². The molecule has 0 heterocycles. The summed E-state index contributed by atoms with van der Waals surface area (Å²) in [6.07, 6.45) is 23.0. The molecule has 134 valence electrons. The Morgan fingerprint density at radius 3 is 2.00 bits per heavy atom. The first-order valence-electron chi connectivity index (χ1n) is 5.38.